The molecule has 0 radical (unpaired) electrons. The molecule has 18 heavy (non-hydrogen) atoms. The lowest BCUT2D eigenvalue weighted by Crippen LogP contribution is -2.14. The summed E-state index contributed by atoms with van der Waals surface area (Å²) in [5.41, 5.74) is 1.55. The standard InChI is InChI=1S/C12H12N4OS/c1-2-6-18-12-14-11-13-9-4-3-5-10(17)8(9)7-16(11)15-12/h2,7H,1,3-6H2. The number of rotatable bonds is 3. The maximum Gasteiger partial charge on any atom is 0.253 e. The SMILES string of the molecule is C=CCSc1nc2nc3c(cn2n1)C(=O)CCC3. The van der Waals surface area contributed by atoms with Crippen molar-refractivity contribution in [3.8, 4) is 0 Å². The average Bonchev–Trinajstić information content (AvgIpc) is 2.76. The quantitative estimate of drug-likeness (QED) is 0.623. The van der Waals surface area contributed by atoms with Crippen molar-refractivity contribution in [3.05, 3.63) is 30.1 Å². The van der Waals surface area contributed by atoms with Gasteiger partial charge in [-0.05, 0) is 12.8 Å². The van der Waals surface area contributed by atoms with E-state index >= 15 is 0 Å². The topological polar surface area (TPSA) is 60.1 Å². The summed E-state index contributed by atoms with van der Waals surface area (Å²) in [6, 6.07) is 0. The van der Waals surface area contributed by atoms with Crippen LogP contribution in [0.2, 0.25) is 0 Å². The fourth-order valence-electron chi connectivity index (χ4n) is 2.01. The maximum atomic E-state index is 11.8. The van der Waals surface area contributed by atoms with Crippen LogP contribution in [0.25, 0.3) is 5.78 Å². The molecule has 0 fully saturated rings. The number of aryl methyl sites for hydroxylation is 1. The molecule has 0 atom stereocenters. The van der Waals surface area contributed by atoms with Gasteiger partial charge >= 0.3 is 0 Å². The van der Waals surface area contributed by atoms with E-state index in [9.17, 15) is 4.79 Å². The van der Waals surface area contributed by atoms with Crippen LogP contribution in [0.4, 0.5) is 0 Å². The number of hydrogen-bond acceptors (Lipinski definition) is 5. The number of fused-ring (bicyclic) bond motifs is 2. The number of carbonyl (C=O) groups excluding carboxylic acids is 1. The summed E-state index contributed by atoms with van der Waals surface area (Å²) in [7, 11) is 0. The number of aromatic nitrogens is 4. The highest BCUT2D eigenvalue weighted by Crippen LogP contribution is 2.21. The van der Waals surface area contributed by atoms with Gasteiger partial charge in [0.25, 0.3) is 5.78 Å². The van der Waals surface area contributed by atoms with Gasteiger partial charge in [0.1, 0.15) is 0 Å². The lowest BCUT2D eigenvalue weighted by molar-refractivity contribution is 0.0971. The molecule has 92 valence electrons. The summed E-state index contributed by atoms with van der Waals surface area (Å²) in [4.78, 5) is 20.5. The van der Waals surface area contributed by atoms with Crippen molar-refractivity contribution in [1.82, 2.24) is 19.6 Å². The summed E-state index contributed by atoms with van der Waals surface area (Å²) in [6.45, 7) is 3.66. The van der Waals surface area contributed by atoms with E-state index in [1.807, 2.05) is 0 Å². The minimum atomic E-state index is 0.154. The highest BCUT2D eigenvalue weighted by atomic mass is 32.2. The van der Waals surface area contributed by atoms with Gasteiger partial charge in [0.05, 0.1) is 11.3 Å². The van der Waals surface area contributed by atoms with Gasteiger partial charge in [0.15, 0.2) is 5.78 Å². The molecule has 2 aromatic heterocycles. The lowest BCUT2D eigenvalue weighted by Gasteiger charge is -2.12. The zero-order chi connectivity index (χ0) is 12.5. The first-order valence-electron chi connectivity index (χ1n) is 5.81. The smallest absolute Gasteiger partial charge is 0.253 e. The molecule has 3 rings (SSSR count). The Kier molecular flexibility index (Phi) is 2.87. The van der Waals surface area contributed by atoms with E-state index in [2.05, 4.69) is 21.6 Å². The highest BCUT2D eigenvalue weighted by molar-refractivity contribution is 7.99. The average molecular weight is 260 g/mol. The Morgan fingerprint density at radius 3 is 3.17 bits per heavy atom. The number of Topliss-reactive ketones (excluding diaryl/α,β-unsaturated/α-hetero) is 1. The molecule has 0 saturated carbocycles. The molecule has 5 nitrogen and oxygen atoms in total. The Hall–Kier alpha value is -1.69. The molecular formula is C12H12N4OS. The second-order valence-electron chi connectivity index (χ2n) is 4.12. The number of carbonyl (C=O) groups is 1. The predicted octanol–water partition coefficient (Wildman–Crippen LogP) is 1.92. The van der Waals surface area contributed by atoms with Crippen molar-refractivity contribution in [1.29, 1.82) is 0 Å². The molecule has 2 aromatic rings. The molecule has 0 saturated heterocycles. The second-order valence-corrected chi connectivity index (χ2v) is 5.10. The molecule has 6 heteroatoms. The molecule has 2 heterocycles. The molecule has 0 aromatic carbocycles. The van der Waals surface area contributed by atoms with Gasteiger partial charge in [0.2, 0.25) is 5.16 Å². The van der Waals surface area contributed by atoms with Gasteiger partial charge in [-0.2, -0.15) is 4.98 Å². The monoisotopic (exact) mass is 260 g/mol. The van der Waals surface area contributed by atoms with Crippen molar-refractivity contribution >= 4 is 23.3 Å². The Morgan fingerprint density at radius 1 is 1.44 bits per heavy atom. The zero-order valence-corrected chi connectivity index (χ0v) is 10.6. The third-order valence-corrected chi connectivity index (χ3v) is 3.67. The molecule has 0 amide bonds. The third kappa shape index (κ3) is 1.92. The Bertz CT molecular complexity index is 634. The first-order chi connectivity index (χ1) is 8.78. The van der Waals surface area contributed by atoms with Crippen LogP contribution >= 0.6 is 11.8 Å². The number of nitrogens with zero attached hydrogens (tertiary/aromatic N) is 4. The third-order valence-electron chi connectivity index (χ3n) is 2.84. The lowest BCUT2D eigenvalue weighted by atomic mass is 9.96. The molecule has 1 aliphatic rings. The van der Waals surface area contributed by atoms with Crippen molar-refractivity contribution in [2.75, 3.05) is 5.75 Å². The van der Waals surface area contributed by atoms with E-state index in [0.717, 1.165) is 24.3 Å². The van der Waals surface area contributed by atoms with Crippen LogP contribution < -0.4 is 0 Å². The first-order valence-corrected chi connectivity index (χ1v) is 6.79. The largest absolute Gasteiger partial charge is 0.294 e. The van der Waals surface area contributed by atoms with E-state index in [1.165, 1.54) is 11.8 Å². The van der Waals surface area contributed by atoms with Crippen molar-refractivity contribution < 1.29 is 4.79 Å². The van der Waals surface area contributed by atoms with Crippen LogP contribution in [0, 0.1) is 0 Å². The van der Waals surface area contributed by atoms with Gasteiger partial charge in [0, 0.05) is 18.4 Å². The molecule has 0 aliphatic heterocycles. The minimum Gasteiger partial charge on any atom is -0.294 e. The van der Waals surface area contributed by atoms with Crippen LogP contribution in [0.15, 0.2) is 24.0 Å². The van der Waals surface area contributed by atoms with Crippen LogP contribution in [-0.4, -0.2) is 31.1 Å². The highest BCUT2D eigenvalue weighted by Gasteiger charge is 2.20. The fourth-order valence-corrected chi connectivity index (χ4v) is 2.56. The molecule has 0 unspecified atom stereocenters. The van der Waals surface area contributed by atoms with E-state index in [1.54, 1.807) is 16.8 Å². The van der Waals surface area contributed by atoms with Crippen molar-refractivity contribution in [2.45, 2.75) is 24.4 Å². The van der Waals surface area contributed by atoms with Crippen LogP contribution in [0.1, 0.15) is 28.9 Å². The number of thioether (sulfide) groups is 1. The van der Waals surface area contributed by atoms with Crippen molar-refractivity contribution in [2.24, 2.45) is 0 Å². The Balaban J connectivity index is 2.05. The van der Waals surface area contributed by atoms with Crippen LogP contribution in [0.5, 0.6) is 0 Å². The van der Waals surface area contributed by atoms with Gasteiger partial charge in [-0.15, -0.1) is 11.7 Å². The van der Waals surface area contributed by atoms with E-state index in [4.69, 9.17) is 0 Å². The fraction of sp³-hybridized carbons (Fsp3) is 0.333. The maximum absolute atomic E-state index is 11.8. The molecule has 1 aliphatic carbocycles. The Morgan fingerprint density at radius 2 is 2.33 bits per heavy atom. The number of hydrogen-bond donors (Lipinski definition) is 0. The summed E-state index contributed by atoms with van der Waals surface area (Å²) in [5, 5.41) is 4.96. The predicted molar refractivity (Wildman–Crippen MR) is 69.0 cm³/mol. The summed E-state index contributed by atoms with van der Waals surface area (Å²) >= 11 is 1.50. The molecule has 0 spiro atoms. The van der Waals surface area contributed by atoms with E-state index in [0.29, 0.717) is 22.9 Å². The Labute approximate surface area is 108 Å². The first kappa shape index (κ1) is 11.4. The normalized spacial score (nSPS) is 14.8. The zero-order valence-electron chi connectivity index (χ0n) is 9.80. The van der Waals surface area contributed by atoms with E-state index in [-0.39, 0.29) is 5.78 Å². The minimum absolute atomic E-state index is 0.154. The van der Waals surface area contributed by atoms with Crippen LogP contribution in [-0.2, 0) is 6.42 Å². The molecular weight excluding hydrogens is 248 g/mol. The van der Waals surface area contributed by atoms with Crippen molar-refractivity contribution in [3.63, 3.8) is 0 Å². The molecule has 0 bridgehead atoms. The van der Waals surface area contributed by atoms with Gasteiger partial charge in [-0.3, -0.25) is 4.79 Å². The summed E-state index contributed by atoms with van der Waals surface area (Å²) in [6.07, 6.45) is 5.89. The van der Waals surface area contributed by atoms with Gasteiger partial charge < -0.3 is 0 Å². The van der Waals surface area contributed by atoms with Crippen LogP contribution in [0.3, 0.4) is 0 Å². The van der Waals surface area contributed by atoms with Gasteiger partial charge in [-0.1, -0.05) is 17.8 Å². The summed E-state index contributed by atoms with van der Waals surface area (Å²) in [5.74, 6) is 1.48. The second kappa shape index (κ2) is 4.53. The van der Waals surface area contributed by atoms with Gasteiger partial charge in [-0.25, -0.2) is 9.50 Å². The number of ketones is 1. The summed E-state index contributed by atoms with van der Waals surface area (Å²) < 4.78 is 1.59. The molecule has 0 N–H and O–H groups in total. The van der Waals surface area contributed by atoms with E-state index < -0.39 is 0 Å².